The Kier molecular flexibility index (Phi) is 6.44. The van der Waals surface area contributed by atoms with Gasteiger partial charge in [0.1, 0.15) is 0 Å². The molecule has 0 heterocycles. The van der Waals surface area contributed by atoms with Gasteiger partial charge in [-0.1, -0.05) is 0 Å². The quantitative estimate of drug-likeness (QED) is 0.651. The Bertz CT molecular complexity index is 783. The third-order valence-corrected chi connectivity index (χ3v) is 24.0. The monoisotopic (exact) mass is 423 g/mol. The average Bonchev–Trinajstić information content (AvgIpc) is 3.21. The van der Waals surface area contributed by atoms with E-state index in [1.165, 1.54) is 11.1 Å². The van der Waals surface area contributed by atoms with Crippen molar-refractivity contribution < 1.29 is 20.4 Å². The zero-order chi connectivity index (χ0) is 17.8. The molecule has 0 saturated carbocycles. The van der Waals surface area contributed by atoms with E-state index in [0.717, 1.165) is 7.25 Å². The van der Waals surface area contributed by atoms with Gasteiger partial charge in [-0.15, -0.1) is 0 Å². The summed E-state index contributed by atoms with van der Waals surface area (Å²) >= 11 is -1.65. The summed E-state index contributed by atoms with van der Waals surface area (Å²) in [6.07, 6.45) is 9.81. The molecule has 2 unspecified atom stereocenters. The molecule has 0 aromatic heterocycles. The van der Waals surface area contributed by atoms with Crippen molar-refractivity contribution in [1.82, 2.24) is 5.32 Å². The third kappa shape index (κ3) is 3.89. The van der Waals surface area contributed by atoms with Gasteiger partial charge < -0.3 is 5.32 Å². The van der Waals surface area contributed by atoms with E-state index in [-0.39, 0.29) is 5.43 Å². The van der Waals surface area contributed by atoms with Crippen molar-refractivity contribution in [3.8, 4) is 0 Å². The molecule has 0 fully saturated rings. The van der Waals surface area contributed by atoms with Crippen molar-refractivity contribution in [2.24, 2.45) is 0 Å². The summed E-state index contributed by atoms with van der Waals surface area (Å²) in [5.74, 6) is 0. The van der Waals surface area contributed by atoms with Crippen LogP contribution in [0, 0.1) is 0 Å². The van der Waals surface area contributed by atoms with Crippen LogP contribution in [0.25, 0.3) is 12.2 Å². The molecule has 0 aliphatic heterocycles. The minimum atomic E-state index is -1.65. The Morgan fingerprint density at radius 3 is 1.56 bits per heavy atom. The zero-order valence-electron chi connectivity index (χ0n) is 15.6. The van der Waals surface area contributed by atoms with Crippen LogP contribution in [0.5, 0.6) is 0 Å². The molecule has 4 rings (SSSR count). The van der Waals surface area contributed by atoms with Crippen molar-refractivity contribution in [3.63, 3.8) is 0 Å². The fraction of sp³-hybridized carbons (Fsp3) is 0.273. The van der Waals surface area contributed by atoms with Crippen LogP contribution in [0.15, 0.2) is 60.7 Å². The predicted molar refractivity (Wildman–Crippen MR) is 109 cm³/mol. The van der Waals surface area contributed by atoms with Gasteiger partial charge in [0, 0.05) is 0 Å². The number of nitrogens with one attached hydrogen (secondary N) is 1. The molecule has 0 saturated heterocycles. The molecule has 2 aliphatic carbocycles. The second-order valence-corrected chi connectivity index (χ2v) is 25.0. The number of benzene rings is 2. The van der Waals surface area contributed by atoms with Gasteiger partial charge in [-0.25, -0.2) is 0 Å². The molecule has 25 heavy (non-hydrogen) atoms. The fourth-order valence-corrected chi connectivity index (χ4v) is 22.6. The van der Waals surface area contributed by atoms with Crippen LogP contribution in [0.1, 0.15) is 29.5 Å². The number of rotatable bonds is 2. The molecule has 0 radical (unpaired) electrons. The van der Waals surface area contributed by atoms with Crippen LogP contribution >= 0.6 is 0 Å². The first-order chi connectivity index (χ1) is 12.2. The van der Waals surface area contributed by atoms with Crippen molar-refractivity contribution >= 4 is 17.6 Å². The molecule has 0 amide bonds. The summed E-state index contributed by atoms with van der Waals surface area (Å²) in [4.78, 5) is 0. The van der Waals surface area contributed by atoms with Gasteiger partial charge in [-0.2, -0.15) is 0 Å². The summed E-state index contributed by atoms with van der Waals surface area (Å²) < 4.78 is 1.53. The first kappa shape index (κ1) is 18.8. The molecule has 0 spiro atoms. The van der Waals surface area contributed by atoms with Crippen molar-refractivity contribution in [2.45, 2.75) is 20.3 Å². The first-order valence-corrected chi connectivity index (χ1v) is 18.0. The summed E-state index contributed by atoms with van der Waals surface area (Å²) in [7, 11) is 3.75. The van der Waals surface area contributed by atoms with Crippen LogP contribution in [0.3, 0.4) is 0 Å². The Balaban J connectivity index is 0.000000569. The average molecular weight is 425 g/mol. The number of hydrogen-bond acceptors (Lipinski definition) is 1. The molecule has 2 aromatic rings. The van der Waals surface area contributed by atoms with Crippen LogP contribution in [0.4, 0.5) is 0 Å². The maximum absolute atomic E-state index is 2.75. The van der Waals surface area contributed by atoms with Gasteiger partial charge >= 0.3 is 141 Å². The van der Waals surface area contributed by atoms with Gasteiger partial charge in [-0.3, -0.25) is 0 Å². The van der Waals surface area contributed by atoms with Gasteiger partial charge in [0.25, 0.3) is 0 Å². The van der Waals surface area contributed by atoms with Gasteiger partial charge in [-0.05, 0) is 14.1 Å². The van der Waals surface area contributed by atoms with E-state index in [1.807, 2.05) is 14.1 Å². The Morgan fingerprint density at radius 1 is 0.760 bits per heavy atom. The van der Waals surface area contributed by atoms with Crippen molar-refractivity contribution in [2.75, 3.05) is 14.1 Å². The van der Waals surface area contributed by atoms with Crippen LogP contribution in [0.2, 0.25) is 13.1 Å². The SMILES string of the molecule is CNC.C[Si](C)=[Zr]([CH]1C=Cc2ccccc21)[CH]1C=Cc2ccccc21. The fourth-order valence-electron chi connectivity index (χ4n) is 3.86. The molecular weight excluding hydrogens is 398 g/mol. The van der Waals surface area contributed by atoms with E-state index in [4.69, 9.17) is 0 Å². The first-order valence-electron chi connectivity index (χ1n) is 8.97. The van der Waals surface area contributed by atoms with Crippen LogP contribution in [-0.2, 0) is 20.4 Å². The van der Waals surface area contributed by atoms with Gasteiger partial charge in [0.05, 0.1) is 0 Å². The third-order valence-electron chi connectivity index (χ3n) is 4.85. The topological polar surface area (TPSA) is 12.0 Å². The molecule has 0 bridgehead atoms. The molecule has 1 N–H and O–H groups in total. The van der Waals surface area contributed by atoms with Crippen LogP contribution in [-0.4, -0.2) is 19.5 Å². The maximum atomic E-state index is 2.75. The standard InChI is InChI=1S/2C9H7.C2H7N.C2H6Si.Zr/c2*1-2-5-9-7-3-6-8(9)4-1;2*1-3-2;/h2*1-7H;3H,1-2H3;1-2H3;. The molecule has 1 nitrogen and oxygen atoms in total. The Hall–Kier alpha value is -1.02. The Morgan fingerprint density at radius 2 is 1.16 bits per heavy atom. The van der Waals surface area contributed by atoms with E-state index in [0.29, 0.717) is 0 Å². The molecule has 2 aromatic carbocycles. The summed E-state index contributed by atoms with van der Waals surface area (Å²) in [5.41, 5.74) is 5.92. The molecule has 2 aliphatic rings. The summed E-state index contributed by atoms with van der Waals surface area (Å²) in [5, 5.41) is 2.75. The van der Waals surface area contributed by atoms with E-state index >= 15 is 0 Å². The minimum absolute atomic E-state index is 0.228. The van der Waals surface area contributed by atoms with E-state index in [2.05, 4.69) is 91.2 Å². The van der Waals surface area contributed by atoms with Gasteiger partial charge in [0.15, 0.2) is 0 Å². The van der Waals surface area contributed by atoms with Crippen molar-refractivity contribution in [3.05, 3.63) is 82.9 Å². The van der Waals surface area contributed by atoms with E-state index in [9.17, 15) is 0 Å². The summed E-state index contributed by atoms with van der Waals surface area (Å²) in [6.45, 7) is 5.12. The second kappa shape index (κ2) is 8.58. The predicted octanol–water partition coefficient (Wildman–Crippen LogP) is 5.23. The Labute approximate surface area is 160 Å². The summed E-state index contributed by atoms with van der Waals surface area (Å²) in [6, 6.07) is 18.1. The molecular formula is C22H27NSiZr. The molecule has 2 atom stereocenters. The number of allylic oxidation sites excluding steroid dienone is 2. The van der Waals surface area contributed by atoms with Gasteiger partial charge in [0.2, 0.25) is 0 Å². The molecule has 3 heteroatoms. The van der Waals surface area contributed by atoms with E-state index < -0.39 is 20.4 Å². The van der Waals surface area contributed by atoms with E-state index in [1.54, 1.807) is 11.1 Å². The number of fused-ring (bicyclic) bond motifs is 2. The number of hydrogen-bond donors (Lipinski definition) is 1. The van der Waals surface area contributed by atoms with Crippen LogP contribution < -0.4 is 5.32 Å². The normalized spacial score (nSPS) is 19.0. The molecule has 128 valence electrons. The zero-order valence-corrected chi connectivity index (χ0v) is 19.0. The second-order valence-electron chi connectivity index (χ2n) is 6.89. The van der Waals surface area contributed by atoms with Crippen molar-refractivity contribution in [1.29, 1.82) is 0 Å².